The van der Waals surface area contributed by atoms with Crippen molar-refractivity contribution in [2.24, 2.45) is 0 Å². The summed E-state index contributed by atoms with van der Waals surface area (Å²) in [5, 5.41) is 5.59. The molecule has 1 aromatic heterocycles. The van der Waals surface area contributed by atoms with Crippen LogP contribution < -0.4 is 10.1 Å². The monoisotopic (exact) mass is 310 g/mol. The van der Waals surface area contributed by atoms with Crippen molar-refractivity contribution in [2.75, 3.05) is 6.61 Å². The number of thiazole rings is 1. The van der Waals surface area contributed by atoms with Crippen LogP contribution in [0.2, 0.25) is 0 Å². The van der Waals surface area contributed by atoms with Gasteiger partial charge in [0.1, 0.15) is 12.4 Å². The van der Waals surface area contributed by atoms with Crippen molar-refractivity contribution in [1.29, 1.82) is 0 Å². The van der Waals surface area contributed by atoms with Gasteiger partial charge in [-0.1, -0.05) is 48.5 Å². The predicted octanol–water partition coefficient (Wildman–Crippen LogP) is 4.05. The van der Waals surface area contributed by atoms with E-state index >= 15 is 0 Å². The first-order valence-corrected chi connectivity index (χ1v) is 8.19. The van der Waals surface area contributed by atoms with E-state index < -0.39 is 0 Å². The molecule has 4 heteroatoms. The Morgan fingerprint density at radius 1 is 1.00 bits per heavy atom. The summed E-state index contributed by atoms with van der Waals surface area (Å²) in [6.45, 7) is 1.32. The molecule has 1 atom stereocenters. The quantitative estimate of drug-likeness (QED) is 0.715. The van der Waals surface area contributed by atoms with Crippen LogP contribution in [-0.2, 0) is 6.54 Å². The summed E-state index contributed by atoms with van der Waals surface area (Å²) >= 11 is 1.61. The number of ether oxygens (including phenoxy) is 1. The van der Waals surface area contributed by atoms with E-state index in [0.717, 1.165) is 18.0 Å². The van der Waals surface area contributed by atoms with Crippen LogP contribution in [0.1, 0.15) is 17.3 Å². The molecule has 0 aliphatic rings. The normalized spacial score (nSPS) is 12.0. The van der Waals surface area contributed by atoms with Crippen molar-refractivity contribution >= 4 is 11.3 Å². The SMILES string of the molecule is c1ccc(OCC(NCc2cscn2)c2ccccc2)cc1. The average Bonchev–Trinajstić information content (AvgIpc) is 3.10. The fourth-order valence-electron chi connectivity index (χ4n) is 2.21. The van der Waals surface area contributed by atoms with Crippen LogP contribution in [0.3, 0.4) is 0 Å². The molecule has 2 aromatic carbocycles. The molecule has 0 radical (unpaired) electrons. The van der Waals surface area contributed by atoms with E-state index in [2.05, 4.69) is 39.9 Å². The molecule has 0 aliphatic heterocycles. The Morgan fingerprint density at radius 2 is 1.73 bits per heavy atom. The first-order valence-electron chi connectivity index (χ1n) is 7.25. The van der Waals surface area contributed by atoms with Crippen LogP contribution >= 0.6 is 11.3 Å². The summed E-state index contributed by atoms with van der Waals surface area (Å²) in [6, 6.07) is 20.4. The summed E-state index contributed by atoms with van der Waals surface area (Å²) in [5.41, 5.74) is 4.13. The molecule has 22 heavy (non-hydrogen) atoms. The van der Waals surface area contributed by atoms with Crippen LogP contribution in [0.15, 0.2) is 71.6 Å². The fraction of sp³-hybridized carbons (Fsp3) is 0.167. The molecular weight excluding hydrogens is 292 g/mol. The Hall–Kier alpha value is -2.17. The van der Waals surface area contributed by atoms with Crippen molar-refractivity contribution < 1.29 is 4.74 Å². The van der Waals surface area contributed by atoms with Gasteiger partial charge in [-0.25, -0.2) is 4.98 Å². The molecule has 0 saturated heterocycles. The molecule has 0 fully saturated rings. The number of hydrogen-bond acceptors (Lipinski definition) is 4. The molecule has 3 rings (SSSR count). The molecule has 0 amide bonds. The number of nitrogens with zero attached hydrogens (tertiary/aromatic N) is 1. The smallest absolute Gasteiger partial charge is 0.119 e. The molecule has 0 saturated carbocycles. The van der Waals surface area contributed by atoms with Crippen LogP contribution in [0, 0.1) is 0 Å². The van der Waals surface area contributed by atoms with Gasteiger partial charge in [-0.3, -0.25) is 0 Å². The third-order valence-electron chi connectivity index (χ3n) is 3.37. The summed E-state index contributed by atoms with van der Waals surface area (Å²) in [6.07, 6.45) is 0. The zero-order valence-electron chi connectivity index (χ0n) is 12.2. The molecule has 3 nitrogen and oxygen atoms in total. The zero-order chi connectivity index (χ0) is 15.0. The molecule has 1 N–H and O–H groups in total. The Balaban J connectivity index is 1.66. The fourth-order valence-corrected chi connectivity index (χ4v) is 2.77. The highest BCUT2D eigenvalue weighted by atomic mass is 32.1. The van der Waals surface area contributed by atoms with Crippen LogP contribution in [0.25, 0.3) is 0 Å². The highest BCUT2D eigenvalue weighted by molar-refractivity contribution is 7.07. The lowest BCUT2D eigenvalue weighted by atomic mass is 10.1. The molecule has 0 spiro atoms. The highest BCUT2D eigenvalue weighted by Crippen LogP contribution is 2.17. The second kappa shape index (κ2) is 7.73. The number of nitrogens with one attached hydrogen (secondary N) is 1. The van der Waals surface area contributed by atoms with Crippen molar-refractivity contribution in [3.63, 3.8) is 0 Å². The van der Waals surface area contributed by atoms with Gasteiger partial charge in [0.15, 0.2) is 0 Å². The van der Waals surface area contributed by atoms with Gasteiger partial charge in [0.05, 0.1) is 17.2 Å². The minimum absolute atomic E-state index is 0.128. The van der Waals surface area contributed by atoms with E-state index in [0.29, 0.717) is 6.61 Å². The molecule has 1 heterocycles. The van der Waals surface area contributed by atoms with Gasteiger partial charge in [-0.2, -0.15) is 0 Å². The Bertz CT molecular complexity index is 656. The van der Waals surface area contributed by atoms with Crippen molar-refractivity contribution in [2.45, 2.75) is 12.6 Å². The molecule has 3 aromatic rings. The first-order chi connectivity index (χ1) is 10.9. The average molecular weight is 310 g/mol. The molecule has 112 valence electrons. The van der Waals surface area contributed by atoms with Crippen LogP contribution in [0.4, 0.5) is 0 Å². The van der Waals surface area contributed by atoms with E-state index in [4.69, 9.17) is 4.74 Å². The maximum atomic E-state index is 5.91. The van der Waals surface area contributed by atoms with E-state index in [1.807, 2.05) is 41.9 Å². The van der Waals surface area contributed by atoms with Gasteiger partial charge in [-0.15, -0.1) is 11.3 Å². The van der Waals surface area contributed by atoms with Gasteiger partial charge in [0.2, 0.25) is 0 Å². The summed E-state index contributed by atoms with van der Waals surface area (Å²) in [7, 11) is 0. The minimum Gasteiger partial charge on any atom is -0.492 e. The Labute approximate surface area is 134 Å². The Morgan fingerprint density at radius 3 is 2.41 bits per heavy atom. The van der Waals surface area contributed by atoms with Gasteiger partial charge in [0.25, 0.3) is 0 Å². The predicted molar refractivity (Wildman–Crippen MR) is 90.1 cm³/mol. The molecule has 0 aliphatic carbocycles. The molecule has 1 unspecified atom stereocenters. The lowest BCUT2D eigenvalue weighted by molar-refractivity contribution is 0.265. The molecule has 0 bridgehead atoms. The lowest BCUT2D eigenvalue weighted by Crippen LogP contribution is -2.26. The second-order valence-corrected chi connectivity index (χ2v) is 5.67. The van der Waals surface area contributed by atoms with Crippen molar-refractivity contribution in [1.82, 2.24) is 10.3 Å². The lowest BCUT2D eigenvalue weighted by Gasteiger charge is -2.19. The zero-order valence-corrected chi connectivity index (χ0v) is 13.0. The van der Waals surface area contributed by atoms with Gasteiger partial charge >= 0.3 is 0 Å². The van der Waals surface area contributed by atoms with Gasteiger partial charge < -0.3 is 10.1 Å². The summed E-state index contributed by atoms with van der Waals surface area (Å²) in [4.78, 5) is 4.32. The first kappa shape index (κ1) is 14.8. The largest absolute Gasteiger partial charge is 0.492 e. The minimum atomic E-state index is 0.128. The number of aromatic nitrogens is 1. The highest BCUT2D eigenvalue weighted by Gasteiger charge is 2.12. The van der Waals surface area contributed by atoms with Crippen LogP contribution in [0.5, 0.6) is 5.75 Å². The maximum absolute atomic E-state index is 5.91. The van der Waals surface area contributed by atoms with E-state index in [1.54, 1.807) is 11.3 Å². The third kappa shape index (κ3) is 4.16. The topological polar surface area (TPSA) is 34.1 Å². The molecular formula is C18H18N2OS. The second-order valence-electron chi connectivity index (χ2n) is 4.95. The van der Waals surface area contributed by atoms with E-state index in [1.165, 1.54) is 5.56 Å². The standard InChI is InChI=1S/C18H18N2OS/c1-3-7-15(8-4-1)18(19-11-16-13-22-14-20-16)12-21-17-9-5-2-6-10-17/h1-10,13-14,18-19H,11-12H2. The number of benzene rings is 2. The summed E-state index contributed by atoms with van der Waals surface area (Å²) in [5.74, 6) is 0.888. The maximum Gasteiger partial charge on any atom is 0.119 e. The van der Waals surface area contributed by atoms with Gasteiger partial charge in [-0.05, 0) is 17.7 Å². The number of rotatable bonds is 7. The van der Waals surface area contributed by atoms with Crippen LogP contribution in [-0.4, -0.2) is 11.6 Å². The van der Waals surface area contributed by atoms with Crippen molar-refractivity contribution in [3.05, 3.63) is 82.8 Å². The number of hydrogen-bond donors (Lipinski definition) is 1. The van der Waals surface area contributed by atoms with Crippen molar-refractivity contribution in [3.8, 4) is 5.75 Å². The van der Waals surface area contributed by atoms with Gasteiger partial charge in [0, 0.05) is 11.9 Å². The third-order valence-corrected chi connectivity index (χ3v) is 4.01. The summed E-state index contributed by atoms with van der Waals surface area (Å²) < 4.78 is 5.91. The van der Waals surface area contributed by atoms with E-state index in [-0.39, 0.29) is 6.04 Å². The number of para-hydroxylation sites is 1. The Kier molecular flexibility index (Phi) is 5.18. The van der Waals surface area contributed by atoms with E-state index in [9.17, 15) is 0 Å².